The van der Waals surface area contributed by atoms with Crippen molar-refractivity contribution in [3.05, 3.63) is 5.82 Å². The number of aromatic nitrogens is 4. The number of carbonyl (C=O) groups is 2. The molecular weight excluding hydrogens is 322 g/mol. The van der Waals surface area contributed by atoms with Crippen molar-refractivity contribution in [2.24, 2.45) is 5.92 Å². The number of nitrogens with zero attached hydrogens (tertiary/aromatic N) is 6. The van der Waals surface area contributed by atoms with Crippen LogP contribution in [0.5, 0.6) is 0 Å². The molecule has 2 aliphatic rings. The van der Waals surface area contributed by atoms with E-state index in [1.807, 2.05) is 18.5 Å². The number of hydrogen-bond donors (Lipinski definition) is 1. The van der Waals surface area contributed by atoms with E-state index >= 15 is 0 Å². The number of rotatable bonds is 6. The maximum atomic E-state index is 12.7. The smallest absolute Gasteiger partial charge is 0.323 e. The van der Waals surface area contributed by atoms with Gasteiger partial charge < -0.3 is 5.32 Å². The quantitative estimate of drug-likeness (QED) is 0.757. The van der Waals surface area contributed by atoms with Crippen molar-refractivity contribution < 1.29 is 9.59 Å². The molecule has 1 N–H and O–H groups in total. The molecule has 9 heteroatoms. The lowest BCUT2D eigenvalue weighted by molar-refractivity contribution is -0.133. The Balaban J connectivity index is 1.70. The molecule has 3 amide bonds. The summed E-state index contributed by atoms with van der Waals surface area (Å²) in [6.45, 7) is 9.35. The third-order valence-electron chi connectivity index (χ3n) is 5.35. The molecule has 0 unspecified atom stereocenters. The molecule has 9 nitrogen and oxygen atoms in total. The fourth-order valence-corrected chi connectivity index (χ4v) is 3.87. The molecule has 138 valence electrons. The number of hydrogen-bond acceptors (Lipinski definition) is 6. The lowest BCUT2D eigenvalue weighted by Crippen LogP contribution is -2.55. The number of aryl methyl sites for hydroxylation is 1. The van der Waals surface area contributed by atoms with E-state index in [9.17, 15) is 9.59 Å². The first-order chi connectivity index (χ1) is 12.0. The van der Waals surface area contributed by atoms with E-state index in [0.29, 0.717) is 13.1 Å². The minimum absolute atomic E-state index is 0.0877. The third-order valence-corrected chi connectivity index (χ3v) is 5.35. The van der Waals surface area contributed by atoms with Crippen LogP contribution < -0.4 is 5.32 Å². The molecule has 25 heavy (non-hydrogen) atoms. The van der Waals surface area contributed by atoms with Crippen molar-refractivity contribution in [1.29, 1.82) is 0 Å². The molecule has 0 radical (unpaired) electrons. The summed E-state index contributed by atoms with van der Waals surface area (Å²) >= 11 is 0. The highest BCUT2D eigenvalue weighted by Crippen LogP contribution is 2.32. The van der Waals surface area contributed by atoms with Crippen LogP contribution in [0.25, 0.3) is 0 Å². The van der Waals surface area contributed by atoms with Gasteiger partial charge in [0.1, 0.15) is 5.54 Å². The molecule has 0 aliphatic carbocycles. The van der Waals surface area contributed by atoms with Gasteiger partial charge in [-0.05, 0) is 50.1 Å². The molecule has 2 saturated heterocycles. The number of imide groups is 1. The van der Waals surface area contributed by atoms with Crippen molar-refractivity contribution in [2.45, 2.75) is 58.7 Å². The minimum Gasteiger partial charge on any atom is -0.323 e. The highest BCUT2D eigenvalue weighted by Gasteiger charge is 2.52. The average molecular weight is 349 g/mol. The Hall–Kier alpha value is -2.03. The predicted octanol–water partition coefficient (Wildman–Crippen LogP) is 0.626. The van der Waals surface area contributed by atoms with Crippen LogP contribution in [0.1, 0.15) is 45.9 Å². The van der Waals surface area contributed by atoms with Crippen molar-refractivity contribution in [1.82, 2.24) is 35.3 Å². The van der Waals surface area contributed by atoms with Gasteiger partial charge in [-0.1, -0.05) is 6.92 Å². The number of likely N-dealkylation sites (N-methyl/N-ethyl adjacent to an activating group) is 1. The number of carbonyl (C=O) groups excluding carboxylic acids is 2. The summed E-state index contributed by atoms with van der Waals surface area (Å²) in [5.74, 6) is 0.831. The number of nitrogens with one attached hydrogen (secondary N) is 1. The average Bonchev–Trinajstić information content (AvgIpc) is 3.11. The standard InChI is InChI=1S/C16H27N7O2/c1-4-8-23-13(18-19-20-23)11-21-9-6-7-12(10-21)16(3)14(24)22(5-2)15(25)17-16/h12H,4-11H2,1-3H3,(H,17,25)/t12-,16-/m0/s1. The van der Waals surface area contributed by atoms with Gasteiger partial charge in [-0.2, -0.15) is 0 Å². The molecular formula is C16H27N7O2. The summed E-state index contributed by atoms with van der Waals surface area (Å²) in [4.78, 5) is 28.4. The van der Waals surface area contributed by atoms with Crippen LogP contribution >= 0.6 is 0 Å². The van der Waals surface area contributed by atoms with Crippen molar-refractivity contribution in [3.63, 3.8) is 0 Å². The van der Waals surface area contributed by atoms with Gasteiger partial charge in [-0.15, -0.1) is 5.10 Å². The number of amides is 3. The van der Waals surface area contributed by atoms with Crippen molar-refractivity contribution in [2.75, 3.05) is 19.6 Å². The number of likely N-dealkylation sites (tertiary alicyclic amines) is 1. The number of piperidine rings is 1. The molecule has 3 rings (SSSR count). The van der Waals surface area contributed by atoms with E-state index in [1.54, 1.807) is 0 Å². The van der Waals surface area contributed by atoms with Gasteiger partial charge in [0.25, 0.3) is 5.91 Å². The van der Waals surface area contributed by atoms with Crippen LogP contribution in [0, 0.1) is 5.92 Å². The molecule has 3 heterocycles. The summed E-state index contributed by atoms with van der Waals surface area (Å²) in [5, 5.41) is 14.9. The third kappa shape index (κ3) is 3.24. The van der Waals surface area contributed by atoms with Crippen LogP contribution in [0.2, 0.25) is 0 Å². The van der Waals surface area contributed by atoms with Gasteiger partial charge in [0.15, 0.2) is 5.82 Å². The fraction of sp³-hybridized carbons (Fsp3) is 0.812. The number of urea groups is 1. The Kier molecular flexibility index (Phi) is 5.03. The van der Waals surface area contributed by atoms with E-state index in [0.717, 1.165) is 44.7 Å². The molecule has 0 aromatic carbocycles. The first kappa shape index (κ1) is 17.8. The van der Waals surface area contributed by atoms with Gasteiger partial charge in [0, 0.05) is 25.6 Å². The molecule has 2 fully saturated rings. The van der Waals surface area contributed by atoms with Gasteiger partial charge in [-0.3, -0.25) is 14.6 Å². The summed E-state index contributed by atoms with van der Waals surface area (Å²) in [5.41, 5.74) is -0.818. The molecule has 0 spiro atoms. The second-order valence-corrected chi connectivity index (χ2v) is 7.07. The molecule has 1 aromatic rings. The minimum atomic E-state index is -0.818. The predicted molar refractivity (Wildman–Crippen MR) is 90.4 cm³/mol. The van der Waals surface area contributed by atoms with Crippen molar-refractivity contribution in [3.8, 4) is 0 Å². The molecule has 2 atom stereocenters. The first-order valence-corrected chi connectivity index (χ1v) is 9.11. The van der Waals surface area contributed by atoms with Crippen LogP contribution in [-0.2, 0) is 17.9 Å². The molecule has 0 saturated carbocycles. The Morgan fingerprint density at radius 1 is 1.32 bits per heavy atom. The largest absolute Gasteiger partial charge is 0.325 e. The molecule has 0 bridgehead atoms. The highest BCUT2D eigenvalue weighted by molar-refractivity contribution is 6.07. The normalized spacial score (nSPS) is 27.8. The molecule has 1 aromatic heterocycles. The Labute approximate surface area is 147 Å². The van der Waals surface area contributed by atoms with Crippen molar-refractivity contribution >= 4 is 11.9 Å². The lowest BCUT2D eigenvalue weighted by atomic mass is 9.80. The fourth-order valence-electron chi connectivity index (χ4n) is 3.87. The van der Waals surface area contributed by atoms with Crippen LogP contribution in [-0.4, -0.2) is 67.1 Å². The van der Waals surface area contributed by atoms with Gasteiger partial charge in [0.05, 0.1) is 6.54 Å². The molecule has 2 aliphatic heterocycles. The topological polar surface area (TPSA) is 96.2 Å². The maximum absolute atomic E-state index is 12.7. The summed E-state index contributed by atoms with van der Waals surface area (Å²) in [7, 11) is 0. The van der Waals surface area contributed by atoms with E-state index < -0.39 is 5.54 Å². The van der Waals surface area contributed by atoms with Crippen LogP contribution in [0.4, 0.5) is 4.79 Å². The zero-order chi connectivity index (χ0) is 18.0. The summed E-state index contributed by atoms with van der Waals surface area (Å²) in [6.07, 6.45) is 2.90. The second-order valence-electron chi connectivity index (χ2n) is 7.07. The SMILES string of the molecule is CCCn1nnnc1CN1CCC[C@H]([C@]2(C)NC(=O)N(CC)C2=O)C1. The van der Waals surface area contributed by atoms with Crippen LogP contribution in [0.3, 0.4) is 0 Å². The Bertz CT molecular complexity index is 646. The van der Waals surface area contributed by atoms with Gasteiger partial charge in [0.2, 0.25) is 0 Å². The van der Waals surface area contributed by atoms with E-state index in [1.165, 1.54) is 4.90 Å². The summed E-state index contributed by atoms with van der Waals surface area (Å²) in [6, 6.07) is -0.279. The zero-order valence-corrected chi connectivity index (χ0v) is 15.2. The summed E-state index contributed by atoms with van der Waals surface area (Å²) < 4.78 is 1.84. The maximum Gasteiger partial charge on any atom is 0.325 e. The zero-order valence-electron chi connectivity index (χ0n) is 15.2. The second kappa shape index (κ2) is 7.07. The number of tetrazole rings is 1. The highest BCUT2D eigenvalue weighted by atomic mass is 16.2. The first-order valence-electron chi connectivity index (χ1n) is 9.11. The lowest BCUT2D eigenvalue weighted by Gasteiger charge is -2.39. The van der Waals surface area contributed by atoms with Crippen LogP contribution in [0.15, 0.2) is 0 Å². The van der Waals surface area contributed by atoms with Gasteiger partial charge >= 0.3 is 6.03 Å². The van der Waals surface area contributed by atoms with E-state index in [2.05, 4.69) is 32.7 Å². The van der Waals surface area contributed by atoms with E-state index in [-0.39, 0.29) is 17.9 Å². The Morgan fingerprint density at radius 3 is 2.80 bits per heavy atom. The Morgan fingerprint density at radius 2 is 2.12 bits per heavy atom. The van der Waals surface area contributed by atoms with E-state index in [4.69, 9.17) is 0 Å². The monoisotopic (exact) mass is 349 g/mol. The van der Waals surface area contributed by atoms with Gasteiger partial charge in [-0.25, -0.2) is 9.48 Å².